The molecule has 1 aliphatic rings. The first kappa shape index (κ1) is 17.4. The number of aromatic nitrogens is 2. The molecular weight excluding hydrogens is 370 g/mol. The van der Waals surface area contributed by atoms with Crippen LogP contribution in [0.3, 0.4) is 0 Å². The third-order valence-electron chi connectivity index (χ3n) is 3.94. The van der Waals surface area contributed by atoms with Crippen LogP contribution in [-0.4, -0.2) is 43.5 Å². The fourth-order valence-electron chi connectivity index (χ4n) is 2.81. The fraction of sp³-hybridized carbons (Fsp3) is 0.429. The van der Waals surface area contributed by atoms with Crippen molar-refractivity contribution in [3.05, 3.63) is 29.5 Å². The Labute approximate surface area is 150 Å². The zero-order valence-corrected chi connectivity index (χ0v) is 15.5. The summed E-state index contributed by atoms with van der Waals surface area (Å²) in [5, 5.41) is 3.98. The predicted octanol–water partition coefficient (Wildman–Crippen LogP) is 2.18. The first-order valence-corrected chi connectivity index (χ1v) is 10.2. The standard InChI is InChI=1S/C14H18ClN5O2S2/c1-2-20(10-5-6-16-8-10)13-4-3-11(7-12(13)15)24(21,22)19-14-17-9-18-23-14/h3-4,7,9-10,16H,2,5-6,8H2,1H3,(H,17,18,19)/t10-/m0/s1. The fourth-order valence-corrected chi connectivity index (χ4v) is 4.85. The highest BCUT2D eigenvalue weighted by Gasteiger charge is 2.24. The normalized spacial score (nSPS) is 17.8. The maximum absolute atomic E-state index is 12.4. The third kappa shape index (κ3) is 3.64. The quantitative estimate of drug-likeness (QED) is 0.789. The van der Waals surface area contributed by atoms with Crippen molar-refractivity contribution in [2.45, 2.75) is 24.3 Å². The number of nitrogens with one attached hydrogen (secondary N) is 2. The molecule has 0 aliphatic carbocycles. The molecule has 1 aromatic carbocycles. The molecule has 7 nitrogen and oxygen atoms in total. The molecule has 130 valence electrons. The van der Waals surface area contributed by atoms with E-state index in [1.54, 1.807) is 12.1 Å². The van der Waals surface area contributed by atoms with Crippen LogP contribution in [0.2, 0.25) is 5.02 Å². The van der Waals surface area contributed by atoms with Crippen LogP contribution in [0.15, 0.2) is 29.4 Å². The SMILES string of the molecule is CCN(c1ccc(S(=O)(=O)Nc2ncns2)cc1Cl)[C@H]1CCNC1. The van der Waals surface area contributed by atoms with Gasteiger partial charge in [-0.15, -0.1) is 0 Å². The third-order valence-corrected chi connectivity index (χ3v) is 6.29. The van der Waals surface area contributed by atoms with E-state index in [1.807, 2.05) is 0 Å². The lowest BCUT2D eigenvalue weighted by Crippen LogP contribution is -2.37. The number of anilines is 2. The van der Waals surface area contributed by atoms with Crippen molar-refractivity contribution in [2.75, 3.05) is 29.3 Å². The number of halogens is 1. The first-order valence-electron chi connectivity index (χ1n) is 7.57. The molecule has 3 rings (SSSR count). The average molecular weight is 388 g/mol. The lowest BCUT2D eigenvalue weighted by atomic mass is 10.2. The Morgan fingerprint density at radius 1 is 1.50 bits per heavy atom. The highest BCUT2D eigenvalue weighted by atomic mass is 35.5. The molecule has 10 heteroatoms. The summed E-state index contributed by atoms with van der Waals surface area (Å²) in [6.45, 7) is 4.76. The van der Waals surface area contributed by atoms with Gasteiger partial charge in [-0.2, -0.15) is 4.37 Å². The van der Waals surface area contributed by atoms with Crippen molar-refractivity contribution >= 4 is 44.0 Å². The van der Waals surface area contributed by atoms with E-state index >= 15 is 0 Å². The molecule has 0 bridgehead atoms. The molecule has 0 amide bonds. The first-order chi connectivity index (χ1) is 11.5. The van der Waals surface area contributed by atoms with Gasteiger partial charge in [-0.1, -0.05) is 11.6 Å². The number of hydrogen-bond donors (Lipinski definition) is 2. The van der Waals surface area contributed by atoms with Crippen LogP contribution >= 0.6 is 23.1 Å². The number of benzene rings is 1. The summed E-state index contributed by atoms with van der Waals surface area (Å²) in [7, 11) is -3.73. The molecule has 1 saturated heterocycles. The van der Waals surface area contributed by atoms with Crippen LogP contribution in [0.5, 0.6) is 0 Å². The van der Waals surface area contributed by atoms with Gasteiger partial charge in [-0.25, -0.2) is 13.4 Å². The zero-order chi connectivity index (χ0) is 17.2. The van der Waals surface area contributed by atoms with E-state index in [4.69, 9.17) is 11.6 Å². The van der Waals surface area contributed by atoms with Gasteiger partial charge < -0.3 is 10.2 Å². The zero-order valence-electron chi connectivity index (χ0n) is 13.1. The molecule has 1 aliphatic heterocycles. The topological polar surface area (TPSA) is 87.2 Å². The maximum atomic E-state index is 12.4. The van der Waals surface area contributed by atoms with Crippen molar-refractivity contribution in [2.24, 2.45) is 0 Å². The van der Waals surface area contributed by atoms with Gasteiger partial charge in [0.15, 0.2) is 0 Å². The highest BCUT2D eigenvalue weighted by Crippen LogP contribution is 2.31. The summed E-state index contributed by atoms with van der Waals surface area (Å²) in [6, 6.07) is 5.18. The Morgan fingerprint density at radius 2 is 2.33 bits per heavy atom. The largest absolute Gasteiger partial charge is 0.366 e. The van der Waals surface area contributed by atoms with Gasteiger partial charge in [0.1, 0.15) is 6.33 Å². The van der Waals surface area contributed by atoms with Crippen LogP contribution in [0.25, 0.3) is 0 Å². The van der Waals surface area contributed by atoms with Crippen LogP contribution in [0, 0.1) is 0 Å². The summed E-state index contributed by atoms with van der Waals surface area (Å²) in [5.41, 5.74) is 0.850. The molecular formula is C14H18ClN5O2S2. The van der Waals surface area contributed by atoms with Gasteiger partial charge in [-0.3, -0.25) is 4.72 Å². The molecule has 0 radical (unpaired) electrons. The van der Waals surface area contributed by atoms with Gasteiger partial charge in [-0.05, 0) is 38.1 Å². The second-order valence-electron chi connectivity index (χ2n) is 5.40. The van der Waals surface area contributed by atoms with E-state index < -0.39 is 10.0 Å². The summed E-state index contributed by atoms with van der Waals surface area (Å²) >= 11 is 7.37. The van der Waals surface area contributed by atoms with Crippen LogP contribution in [0.1, 0.15) is 13.3 Å². The summed E-state index contributed by atoms with van der Waals surface area (Å²) in [4.78, 5) is 6.14. The van der Waals surface area contributed by atoms with Gasteiger partial charge in [0.2, 0.25) is 5.13 Å². The number of sulfonamides is 1. The van der Waals surface area contributed by atoms with Crippen molar-refractivity contribution < 1.29 is 8.42 Å². The number of hydrogen-bond acceptors (Lipinski definition) is 7. The molecule has 0 saturated carbocycles. The molecule has 24 heavy (non-hydrogen) atoms. The lowest BCUT2D eigenvalue weighted by Gasteiger charge is -2.30. The van der Waals surface area contributed by atoms with E-state index in [1.165, 1.54) is 12.4 Å². The summed E-state index contributed by atoms with van der Waals surface area (Å²) in [6.07, 6.45) is 2.34. The average Bonchev–Trinajstić information content (AvgIpc) is 3.23. The van der Waals surface area contributed by atoms with Crippen molar-refractivity contribution in [3.63, 3.8) is 0 Å². The summed E-state index contributed by atoms with van der Waals surface area (Å²) in [5.74, 6) is 0. The van der Waals surface area contributed by atoms with Crippen molar-refractivity contribution in [1.29, 1.82) is 0 Å². The molecule has 0 spiro atoms. The van der Waals surface area contributed by atoms with Gasteiger partial charge in [0, 0.05) is 30.7 Å². The monoisotopic (exact) mass is 387 g/mol. The smallest absolute Gasteiger partial charge is 0.263 e. The van der Waals surface area contributed by atoms with E-state index in [-0.39, 0.29) is 10.0 Å². The Bertz CT molecular complexity index is 792. The maximum Gasteiger partial charge on any atom is 0.263 e. The number of likely N-dealkylation sites (N-methyl/N-ethyl adjacent to an activating group) is 1. The van der Waals surface area contributed by atoms with Crippen LogP contribution in [0.4, 0.5) is 10.8 Å². The van der Waals surface area contributed by atoms with E-state index in [9.17, 15) is 8.42 Å². The Balaban J connectivity index is 1.86. The molecule has 2 heterocycles. The van der Waals surface area contributed by atoms with E-state index in [2.05, 4.69) is 31.2 Å². The predicted molar refractivity (Wildman–Crippen MR) is 96.5 cm³/mol. The molecule has 2 aromatic rings. The van der Waals surface area contributed by atoms with Gasteiger partial charge >= 0.3 is 0 Å². The molecule has 2 N–H and O–H groups in total. The minimum Gasteiger partial charge on any atom is -0.366 e. The number of rotatable bonds is 6. The van der Waals surface area contributed by atoms with Crippen LogP contribution in [-0.2, 0) is 10.0 Å². The molecule has 1 fully saturated rings. The summed E-state index contributed by atoms with van der Waals surface area (Å²) < 4.78 is 31.0. The molecule has 1 atom stereocenters. The van der Waals surface area contributed by atoms with Crippen molar-refractivity contribution in [3.8, 4) is 0 Å². The lowest BCUT2D eigenvalue weighted by molar-refractivity contribution is 0.601. The molecule has 0 unspecified atom stereocenters. The van der Waals surface area contributed by atoms with Gasteiger partial charge in [0.25, 0.3) is 10.0 Å². The minimum absolute atomic E-state index is 0.104. The minimum atomic E-state index is -3.73. The Morgan fingerprint density at radius 3 is 2.92 bits per heavy atom. The van der Waals surface area contributed by atoms with Crippen LogP contribution < -0.4 is 14.9 Å². The highest BCUT2D eigenvalue weighted by molar-refractivity contribution is 7.93. The van der Waals surface area contributed by atoms with Gasteiger partial charge in [0.05, 0.1) is 15.6 Å². The Kier molecular flexibility index (Phi) is 5.24. The van der Waals surface area contributed by atoms with E-state index in [0.717, 1.165) is 43.3 Å². The molecule has 1 aromatic heterocycles. The number of nitrogens with zero attached hydrogens (tertiary/aromatic N) is 3. The Hall–Kier alpha value is -1.42. The van der Waals surface area contributed by atoms with Crippen molar-refractivity contribution in [1.82, 2.24) is 14.7 Å². The van der Waals surface area contributed by atoms with E-state index in [0.29, 0.717) is 11.1 Å². The second-order valence-corrected chi connectivity index (χ2v) is 8.27. The second kappa shape index (κ2) is 7.22.